The van der Waals surface area contributed by atoms with Crippen molar-refractivity contribution in [1.82, 2.24) is 5.06 Å². The van der Waals surface area contributed by atoms with Gasteiger partial charge >= 0.3 is 6.18 Å². The normalized spacial score (nSPS) is 24.0. The third-order valence-electron chi connectivity index (χ3n) is 3.98. The van der Waals surface area contributed by atoms with Gasteiger partial charge in [-0.05, 0) is 31.9 Å². The number of aryl methyl sites for hydroxylation is 1. The van der Waals surface area contributed by atoms with Gasteiger partial charge in [-0.3, -0.25) is 4.84 Å². The summed E-state index contributed by atoms with van der Waals surface area (Å²) in [6, 6.07) is 6.73. The van der Waals surface area contributed by atoms with Gasteiger partial charge in [-0.1, -0.05) is 50.9 Å². The van der Waals surface area contributed by atoms with E-state index in [0.717, 1.165) is 5.56 Å². The Morgan fingerprint density at radius 2 is 2.04 bits per heavy atom. The summed E-state index contributed by atoms with van der Waals surface area (Å²) < 4.78 is 40.8. The summed E-state index contributed by atoms with van der Waals surface area (Å²) in [5.41, 5.74) is 0.202. The minimum Gasteiger partial charge on any atom is -0.272 e. The first kappa shape index (κ1) is 20.3. The number of hydrogen-bond acceptors (Lipinski definition) is 3. The van der Waals surface area contributed by atoms with Gasteiger partial charge in [0.25, 0.3) is 0 Å². The number of rotatable bonds is 4. The molecule has 0 saturated heterocycles. The largest absolute Gasteiger partial charge is 0.416 e. The molecule has 0 aliphatic carbocycles. The molecule has 1 aliphatic heterocycles. The lowest BCUT2D eigenvalue weighted by atomic mass is 9.94. The van der Waals surface area contributed by atoms with Crippen LogP contribution in [0.15, 0.2) is 28.2 Å². The topological polar surface area (TPSA) is 36.3 Å². The van der Waals surface area contributed by atoms with Crippen LogP contribution in [-0.2, 0) is 4.84 Å². The Labute approximate surface area is 161 Å². The van der Waals surface area contributed by atoms with E-state index in [1.165, 1.54) is 12.0 Å². The summed E-state index contributed by atoms with van der Waals surface area (Å²) in [4.78, 5) is 5.62. The van der Waals surface area contributed by atoms with Gasteiger partial charge in [0.2, 0.25) is 0 Å². The fourth-order valence-corrected chi connectivity index (χ4v) is 3.70. The van der Waals surface area contributed by atoms with E-state index in [-0.39, 0.29) is 12.3 Å². The molecule has 0 N–H and O–H groups in total. The first-order valence-electron chi connectivity index (χ1n) is 7.65. The molecule has 0 aromatic heterocycles. The van der Waals surface area contributed by atoms with Crippen molar-refractivity contribution < 1.29 is 18.0 Å². The molecule has 8 heteroatoms. The van der Waals surface area contributed by atoms with Crippen LogP contribution in [0.2, 0.25) is 0 Å². The van der Waals surface area contributed by atoms with Crippen LogP contribution >= 0.6 is 31.9 Å². The third kappa shape index (κ3) is 3.74. The maximum atomic E-state index is 13.8. The standard InChI is InChI=1S/C17H17Br2F3N2O/c1-4-7-25-24-15(11-6-5-10(2)13(18)8-11)14(17(20,21)22)12(9-23)16(24,3)19/h5-6,8,12H,4,7H2,1-3H3. The van der Waals surface area contributed by atoms with E-state index < -0.39 is 22.1 Å². The molecule has 25 heavy (non-hydrogen) atoms. The van der Waals surface area contributed by atoms with Crippen LogP contribution in [0.1, 0.15) is 31.4 Å². The number of alkyl halides is 4. The van der Waals surface area contributed by atoms with Crippen molar-refractivity contribution >= 4 is 37.6 Å². The highest BCUT2D eigenvalue weighted by Crippen LogP contribution is 2.54. The molecular formula is C17H17Br2F3N2O. The molecule has 0 bridgehead atoms. The van der Waals surface area contributed by atoms with Gasteiger partial charge in [-0.2, -0.15) is 18.4 Å². The number of benzene rings is 1. The molecule has 3 nitrogen and oxygen atoms in total. The SMILES string of the molecule is CCCON1C(c2ccc(C)c(Br)c2)=C(C(F)(F)F)C(C#N)C1(C)Br. The average Bonchev–Trinajstić information content (AvgIpc) is 2.74. The van der Waals surface area contributed by atoms with Crippen molar-refractivity contribution in [1.29, 1.82) is 5.26 Å². The summed E-state index contributed by atoms with van der Waals surface area (Å²) >= 11 is 6.65. The smallest absolute Gasteiger partial charge is 0.272 e. The Hall–Kier alpha value is -1.04. The molecule has 0 spiro atoms. The van der Waals surface area contributed by atoms with Crippen molar-refractivity contribution in [3.63, 3.8) is 0 Å². The van der Waals surface area contributed by atoms with E-state index in [4.69, 9.17) is 4.84 Å². The number of nitrogens with zero attached hydrogens (tertiary/aromatic N) is 2. The van der Waals surface area contributed by atoms with Crippen molar-refractivity contribution in [3.8, 4) is 6.07 Å². The monoisotopic (exact) mass is 480 g/mol. The molecule has 0 amide bonds. The van der Waals surface area contributed by atoms with Crippen molar-refractivity contribution in [2.45, 2.75) is 37.8 Å². The van der Waals surface area contributed by atoms with Crippen molar-refractivity contribution in [2.24, 2.45) is 5.92 Å². The molecule has 136 valence electrons. The zero-order valence-electron chi connectivity index (χ0n) is 13.9. The minimum atomic E-state index is -4.66. The Morgan fingerprint density at radius 3 is 2.52 bits per heavy atom. The number of hydrogen-bond donors (Lipinski definition) is 0. The van der Waals surface area contributed by atoms with Crippen LogP contribution < -0.4 is 0 Å². The van der Waals surface area contributed by atoms with Gasteiger partial charge in [-0.25, -0.2) is 5.06 Å². The minimum absolute atomic E-state index is 0.132. The van der Waals surface area contributed by atoms with Crippen molar-refractivity contribution in [2.75, 3.05) is 6.61 Å². The highest BCUT2D eigenvalue weighted by atomic mass is 79.9. The van der Waals surface area contributed by atoms with E-state index in [9.17, 15) is 18.4 Å². The second-order valence-electron chi connectivity index (χ2n) is 5.94. The van der Waals surface area contributed by atoms with Gasteiger partial charge in [0.05, 0.1) is 23.9 Å². The second-order valence-corrected chi connectivity index (χ2v) is 8.40. The highest BCUT2D eigenvalue weighted by Gasteiger charge is 2.58. The molecule has 2 rings (SSSR count). The maximum Gasteiger partial charge on any atom is 0.416 e. The predicted molar refractivity (Wildman–Crippen MR) is 96.4 cm³/mol. The van der Waals surface area contributed by atoms with Crippen LogP contribution in [0.4, 0.5) is 13.2 Å². The molecule has 1 aromatic rings. The Balaban J connectivity index is 2.75. The number of hydroxylamine groups is 2. The van der Waals surface area contributed by atoms with Gasteiger partial charge in [0, 0.05) is 10.0 Å². The Kier molecular flexibility index (Phi) is 5.92. The quantitative estimate of drug-likeness (QED) is 0.394. The maximum absolute atomic E-state index is 13.8. The number of nitriles is 1. The molecule has 0 radical (unpaired) electrons. The first-order chi connectivity index (χ1) is 11.6. The van der Waals surface area contributed by atoms with Crippen LogP contribution in [0.3, 0.4) is 0 Å². The van der Waals surface area contributed by atoms with Crippen LogP contribution in [0.25, 0.3) is 5.70 Å². The summed E-state index contributed by atoms with van der Waals surface area (Å²) in [5.74, 6) is -1.43. The van der Waals surface area contributed by atoms with Gasteiger partial charge in [0.1, 0.15) is 10.4 Å². The predicted octanol–water partition coefficient (Wildman–Crippen LogP) is 5.94. The Morgan fingerprint density at radius 1 is 1.40 bits per heavy atom. The molecule has 0 fully saturated rings. The van der Waals surface area contributed by atoms with Crippen LogP contribution in [-0.4, -0.2) is 22.3 Å². The molecule has 2 atom stereocenters. The lowest BCUT2D eigenvalue weighted by molar-refractivity contribution is -0.140. The van der Waals surface area contributed by atoms with Crippen LogP contribution in [0, 0.1) is 24.2 Å². The zero-order chi connectivity index (χ0) is 19.0. The molecule has 1 heterocycles. The second kappa shape index (κ2) is 7.29. The third-order valence-corrected chi connectivity index (χ3v) is 5.61. The fraction of sp³-hybridized carbons (Fsp3) is 0.471. The zero-order valence-corrected chi connectivity index (χ0v) is 17.1. The Bertz CT molecular complexity index is 738. The summed E-state index contributed by atoms with van der Waals surface area (Å²) in [6.07, 6.45) is -4.03. The summed E-state index contributed by atoms with van der Waals surface area (Å²) in [6.45, 7) is 5.46. The van der Waals surface area contributed by atoms with E-state index in [1.54, 1.807) is 24.3 Å². The molecule has 0 saturated carbocycles. The lowest BCUT2D eigenvalue weighted by Crippen LogP contribution is -2.41. The average molecular weight is 482 g/mol. The first-order valence-corrected chi connectivity index (χ1v) is 9.23. The molecule has 1 aliphatic rings. The van der Waals surface area contributed by atoms with E-state index in [2.05, 4.69) is 31.9 Å². The highest BCUT2D eigenvalue weighted by molar-refractivity contribution is 9.10. The lowest BCUT2D eigenvalue weighted by Gasteiger charge is -2.34. The van der Waals surface area contributed by atoms with E-state index >= 15 is 0 Å². The van der Waals surface area contributed by atoms with Crippen LogP contribution in [0.5, 0.6) is 0 Å². The van der Waals surface area contributed by atoms with Crippen molar-refractivity contribution in [3.05, 3.63) is 39.4 Å². The molecule has 2 unspecified atom stereocenters. The fourth-order valence-electron chi connectivity index (χ4n) is 2.71. The van der Waals surface area contributed by atoms with E-state index in [0.29, 0.717) is 16.5 Å². The molecule has 1 aromatic carbocycles. The van der Waals surface area contributed by atoms with Gasteiger partial charge < -0.3 is 0 Å². The number of halogens is 5. The van der Waals surface area contributed by atoms with E-state index in [1.807, 2.05) is 13.8 Å². The summed E-state index contributed by atoms with van der Waals surface area (Å²) in [5, 5.41) is 10.6. The molecular weight excluding hydrogens is 465 g/mol. The summed E-state index contributed by atoms with van der Waals surface area (Å²) in [7, 11) is 0. The van der Waals surface area contributed by atoms with Gasteiger partial charge in [0.15, 0.2) is 0 Å². The van der Waals surface area contributed by atoms with Gasteiger partial charge in [-0.15, -0.1) is 0 Å².